The number of carbonyl (C=O) groups is 1. The number of aliphatic carboxylic acids is 1. The molecule has 0 saturated heterocycles. The molecule has 1 aliphatic rings. The van der Waals surface area contributed by atoms with Crippen molar-refractivity contribution < 1.29 is 32.5 Å². The molecule has 1 aliphatic heterocycles. The van der Waals surface area contributed by atoms with Crippen LogP contribution in [0.2, 0.25) is 5.02 Å². The smallest absolute Gasteiger partial charge is 0.426 e. The summed E-state index contributed by atoms with van der Waals surface area (Å²) < 4.78 is 50.7. The Bertz CT molecular complexity index is 934. The monoisotopic (exact) mass is 428 g/mol. The van der Waals surface area contributed by atoms with Gasteiger partial charge in [0.1, 0.15) is 23.2 Å². The van der Waals surface area contributed by atoms with Crippen LogP contribution in [0.4, 0.5) is 13.2 Å². The average Bonchev–Trinajstić information content (AvgIpc) is 2.60. The third kappa shape index (κ3) is 4.61. The number of rotatable bonds is 3. The average molecular weight is 429 g/mol. The summed E-state index contributed by atoms with van der Waals surface area (Å²) in [5.74, 6) is -2.80. The first kappa shape index (κ1) is 21.3. The zero-order chi connectivity index (χ0) is 21.6. The van der Waals surface area contributed by atoms with Gasteiger partial charge in [-0.05, 0) is 41.2 Å². The van der Waals surface area contributed by atoms with Crippen molar-refractivity contribution in [3.63, 3.8) is 0 Å². The van der Waals surface area contributed by atoms with Crippen LogP contribution >= 0.6 is 11.6 Å². The van der Waals surface area contributed by atoms with Gasteiger partial charge in [-0.15, -0.1) is 0 Å². The number of fused-ring (bicyclic) bond motifs is 1. The van der Waals surface area contributed by atoms with Gasteiger partial charge in [-0.25, -0.2) is 0 Å². The van der Waals surface area contributed by atoms with Gasteiger partial charge in [-0.3, -0.25) is 4.79 Å². The fourth-order valence-electron chi connectivity index (χ4n) is 3.15. The third-order valence-corrected chi connectivity index (χ3v) is 5.04. The van der Waals surface area contributed by atoms with Gasteiger partial charge >= 0.3 is 12.1 Å². The summed E-state index contributed by atoms with van der Waals surface area (Å²) in [6.45, 7) is 6.13. The Kier molecular flexibility index (Phi) is 5.47. The van der Waals surface area contributed by atoms with Crippen molar-refractivity contribution in [2.24, 2.45) is 5.92 Å². The number of carboxylic acids is 1. The van der Waals surface area contributed by atoms with Crippen LogP contribution in [-0.2, 0) is 16.6 Å². The van der Waals surface area contributed by atoms with Crippen molar-refractivity contribution in [3.8, 4) is 17.2 Å². The summed E-state index contributed by atoms with van der Waals surface area (Å²) in [5, 5.41) is 9.33. The van der Waals surface area contributed by atoms with E-state index in [1.807, 2.05) is 39.0 Å². The number of hydrogen-bond acceptors (Lipinski definition) is 3. The van der Waals surface area contributed by atoms with Gasteiger partial charge in [0.25, 0.3) is 0 Å². The molecule has 8 heteroatoms. The topological polar surface area (TPSA) is 55.8 Å². The van der Waals surface area contributed by atoms with E-state index in [1.54, 1.807) is 6.07 Å². The number of carboxylic acid groups (broad SMARTS) is 1. The van der Waals surface area contributed by atoms with Crippen LogP contribution in [0.15, 0.2) is 36.4 Å². The summed E-state index contributed by atoms with van der Waals surface area (Å²) in [4.78, 5) is 11.3. The van der Waals surface area contributed by atoms with Gasteiger partial charge in [-0.2, -0.15) is 13.2 Å². The van der Waals surface area contributed by atoms with E-state index in [0.717, 1.165) is 5.56 Å². The highest BCUT2D eigenvalue weighted by atomic mass is 35.5. The molecule has 2 aromatic rings. The molecule has 0 aliphatic carbocycles. The van der Waals surface area contributed by atoms with Gasteiger partial charge in [0.05, 0.1) is 5.02 Å². The molecular formula is C21H20ClF3O4. The molecule has 3 rings (SSSR count). The predicted octanol–water partition coefficient (Wildman–Crippen LogP) is 6.00. The van der Waals surface area contributed by atoms with Gasteiger partial charge in [0, 0.05) is 6.07 Å². The minimum absolute atomic E-state index is 0.0869. The predicted molar refractivity (Wildman–Crippen MR) is 102 cm³/mol. The summed E-state index contributed by atoms with van der Waals surface area (Å²) >= 11 is 6.24. The maximum atomic E-state index is 13.3. The van der Waals surface area contributed by atoms with Crippen molar-refractivity contribution in [1.82, 2.24) is 0 Å². The lowest BCUT2D eigenvalue weighted by Gasteiger charge is -2.32. The zero-order valence-electron chi connectivity index (χ0n) is 16.0. The highest BCUT2D eigenvalue weighted by molar-refractivity contribution is 6.32. The van der Waals surface area contributed by atoms with E-state index in [4.69, 9.17) is 21.1 Å². The van der Waals surface area contributed by atoms with Gasteiger partial charge in [-0.1, -0.05) is 44.5 Å². The third-order valence-electron chi connectivity index (χ3n) is 4.74. The molecule has 1 heterocycles. The first-order chi connectivity index (χ1) is 13.4. The fourth-order valence-corrected chi connectivity index (χ4v) is 3.38. The second kappa shape index (κ2) is 7.44. The molecule has 0 radical (unpaired) electrons. The number of alkyl halides is 3. The lowest BCUT2D eigenvalue weighted by molar-refractivity contribution is -0.217. The molecule has 0 saturated carbocycles. The molecule has 156 valence electrons. The van der Waals surface area contributed by atoms with Crippen LogP contribution in [-0.4, -0.2) is 23.4 Å². The standard InChI is InChI=1S/C21H20ClF3O4/c1-20(2,3)12-5-4-6-13(9-12)28-17-10-16-11(8-15(17)22)7-14(19(26)27)18(29-16)21(23,24)25/h4-6,8-10,14,18H,7H2,1-3H3,(H,26,27). The molecular weight excluding hydrogens is 409 g/mol. The lowest BCUT2D eigenvalue weighted by Crippen LogP contribution is -2.47. The minimum atomic E-state index is -4.82. The zero-order valence-corrected chi connectivity index (χ0v) is 16.8. The number of benzene rings is 2. The van der Waals surface area contributed by atoms with Crippen LogP contribution in [0.25, 0.3) is 0 Å². The number of halogens is 4. The van der Waals surface area contributed by atoms with E-state index in [1.165, 1.54) is 12.1 Å². The molecule has 0 amide bonds. The molecule has 0 bridgehead atoms. The van der Waals surface area contributed by atoms with E-state index in [0.29, 0.717) is 11.3 Å². The van der Waals surface area contributed by atoms with Crippen molar-refractivity contribution in [3.05, 3.63) is 52.5 Å². The summed E-state index contributed by atoms with van der Waals surface area (Å²) in [6.07, 6.45) is -7.60. The van der Waals surface area contributed by atoms with Crippen molar-refractivity contribution in [2.45, 2.75) is 44.9 Å². The molecule has 1 N–H and O–H groups in total. The first-order valence-electron chi connectivity index (χ1n) is 8.93. The van der Waals surface area contributed by atoms with E-state index >= 15 is 0 Å². The van der Waals surface area contributed by atoms with Crippen LogP contribution < -0.4 is 9.47 Å². The first-order valence-corrected chi connectivity index (χ1v) is 9.31. The van der Waals surface area contributed by atoms with Crippen LogP contribution in [0.5, 0.6) is 17.2 Å². The maximum absolute atomic E-state index is 13.3. The molecule has 2 unspecified atom stereocenters. The van der Waals surface area contributed by atoms with Gasteiger partial charge in [0.2, 0.25) is 6.10 Å². The Labute approximate surface area is 171 Å². The van der Waals surface area contributed by atoms with Crippen LogP contribution in [0.3, 0.4) is 0 Å². The molecule has 29 heavy (non-hydrogen) atoms. The maximum Gasteiger partial charge on any atom is 0.426 e. The largest absolute Gasteiger partial charge is 0.481 e. The van der Waals surface area contributed by atoms with Crippen molar-refractivity contribution in [2.75, 3.05) is 0 Å². The second-order valence-corrected chi connectivity index (χ2v) is 8.41. The van der Waals surface area contributed by atoms with E-state index in [-0.39, 0.29) is 28.4 Å². The van der Waals surface area contributed by atoms with E-state index in [2.05, 4.69) is 0 Å². The quantitative estimate of drug-likeness (QED) is 0.651. The SMILES string of the molecule is CC(C)(C)c1cccc(Oc2cc3c(cc2Cl)CC(C(=O)O)C(C(F)(F)F)O3)c1. The summed E-state index contributed by atoms with van der Waals surface area (Å²) in [7, 11) is 0. The van der Waals surface area contributed by atoms with Gasteiger partial charge in [0.15, 0.2) is 0 Å². The van der Waals surface area contributed by atoms with Crippen LogP contribution in [0.1, 0.15) is 31.9 Å². The number of hydrogen-bond donors (Lipinski definition) is 1. The summed E-state index contributed by atoms with van der Waals surface area (Å²) in [6, 6.07) is 9.97. The van der Waals surface area contributed by atoms with E-state index in [9.17, 15) is 23.1 Å². The summed E-state index contributed by atoms with van der Waals surface area (Å²) in [5.41, 5.74) is 1.19. The Morgan fingerprint density at radius 1 is 1.21 bits per heavy atom. The minimum Gasteiger partial charge on any atom is -0.481 e. The Hall–Kier alpha value is -2.41. The lowest BCUT2D eigenvalue weighted by atomic mass is 9.87. The van der Waals surface area contributed by atoms with Gasteiger partial charge < -0.3 is 14.6 Å². The fraction of sp³-hybridized carbons (Fsp3) is 0.381. The Morgan fingerprint density at radius 3 is 2.48 bits per heavy atom. The molecule has 0 spiro atoms. The van der Waals surface area contributed by atoms with E-state index < -0.39 is 24.2 Å². The highest BCUT2D eigenvalue weighted by Gasteiger charge is 2.52. The van der Waals surface area contributed by atoms with Crippen molar-refractivity contribution in [1.29, 1.82) is 0 Å². The second-order valence-electron chi connectivity index (χ2n) is 8.00. The Balaban J connectivity index is 1.94. The normalized spacial score (nSPS) is 19.3. The molecule has 0 aromatic heterocycles. The molecule has 2 aromatic carbocycles. The molecule has 4 nitrogen and oxygen atoms in total. The van der Waals surface area contributed by atoms with Crippen molar-refractivity contribution >= 4 is 17.6 Å². The molecule has 2 atom stereocenters. The van der Waals surface area contributed by atoms with Crippen LogP contribution in [0, 0.1) is 5.92 Å². The number of ether oxygens (including phenoxy) is 2. The molecule has 0 fully saturated rings. The Morgan fingerprint density at radius 2 is 1.90 bits per heavy atom. The highest BCUT2D eigenvalue weighted by Crippen LogP contribution is 2.43.